The molecule has 7 nitrogen and oxygen atoms in total. The molecule has 0 unspecified atom stereocenters. The summed E-state index contributed by atoms with van der Waals surface area (Å²) in [4.78, 5) is 41.9. The summed E-state index contributed by atoms with van der Waals surface area (Å²) in [6, 6.07) is 11.5. The molecular formula is C19H13ClN4O3. The predicted molar refractivity (Wildman–Crippen MR) is 99.0 cm³/mol. The molecule has 3 amide bonds. The van der Waals surface area contributed by atoms with E-state index in [4.69, 9.17) is 11.6 Å². The van der Waals surface area contributed by atoms with Crippen LogP contribution < -0.4 is 5.32 Å². The maximum absolute atomic E-state index is 12.3. The first-order valence-corrected chi connectivity index (χ1v) is 8.45. The van der Waals surface area contributed by atoms with Gasteiger partial charge in [0.25, 0.3) is 11.8 Å². The molecule has 3 aromatic rings. The molecule has 0 saturated heterocycles. The molecule has 0 radical (unpaired) electrons. The van der Waals surface area contributed by atoms with Crippen LogP contribution in [0.4, 0.5) is 5.69 Å². The van der Waals surface area contributed by atoms with Gasteiger partial charge in [-0.15, -0.1) is 0 Å². The van der Waals surface area contributed by atoms with E-state index in [1.165, 1.54) is 0 Å². The van der Waals surface area contributed by atoms with Gasteiger partial charge in [0.2, 0.25) is 5.91 Å². The van der Waals surface area contributed by atoms with Crippen LogP contribution in [0.3, 0.4) is 0 Å². The van der Waals surface area contributed by atoms with Gasteiger partial charge >= 0.3 is 0 Å². The Hall–Kier alpha value is -3.45. The zero-order valence-electron chi connectivity index (χ0n) is 13.9. The van der Waals surface area contributed by atoms with Gasteiger partial charge in [0.05, 0.1) is 28.2 Å². The van der Waals surface area contributed by atoms with Crippen LogP contribution in [-0.2, 0) is 4.79 Å². The van der Waals surface area contributed by atoms with Crippen LogP contribution in [0.15, 0.2) is 61.2 Å². The lowest BCUT2D eigenvalue weighted by atomic mass is 10.1. The Morgan fingerprint density at radius 3 is 2.37 bits per heavy atom. The highest BCUT2D eigenvalue weighted by atomic mass is 35.5. The molecule has 0 fully saturated rings. The number of imidazole rings is 1. The molecule has 1 aliphatic rings. The van der Waals surface area contributed by atoms with E-state index in [-0.39, 0.29) is 6.54 Å². The lowest BCUT2D eigenvalue weighted by molar-refractivity contribution is -0.116. The van der Waals surface area contributed by atoms with Crippen molar-refractivity contribution in [1.29, 1.82) is 0 Å². The number of nitrogens with one attached hydrogen (secondary N) is 1. The Kier molecular flexibility index (Phi) is 4.21. The maximum atomic E-state index is 12.3. The third kappa shape index (κ3) is 3.09. The number of nitrogens with zero attached hydrogens (tertiary/aromatic N) is 3. The Balaban J connectivity index is 1.47. The first-order chi connectivity index (χ1) is 13.0. The van der Waals surface area contributed by atoms with Gasteiger partial charge < -0.3 is 9.88 Å². The highest BCUT2D eigenvalue weighted by Crippen LogP contribution is 2.25. The van der Waals surface area contributed by atoms with Gasteiger partial charge in [0, 0.05) is 18.1 Å². The number of benzene rings is 2. The molecular weight excluding hydrogens is 368 g/mol. The van der Waals surface area contributed by atoms with E-state index in [1.807, 2.05) is 0 Å². The van der Waals surface area contributed by atoms with E-state index < -0.39 is 17.7 Å². The van der Waals surface area contributed by atoms with Crippen molar-refractivity contribution in [2.24, 2.45) is 0 Å². The first kappa shape index (κ1) is 17.0. The number of hydrogen-bond donors (Lipinski definition) is 1. The van der Waals surface area contributed by atoms with Gasteiger partial charge in [0.15, 0.2) is 0 Å². The van der Waals surface area contributed by atoms with Gasteiger partial charge in [0.1, 0.15) is 6.54 Å². The maximum Gasteiger partial charge on any atom is 0.262 e. The zero-order valence-corrected chi connectivity index (χ0v) is 14.7. The Bertz CT molecular complexity index is 1030. The summed E-state index contributed by atoms with van der Waals surface area (Å²) >= 11 is 6.26. The largest absolute Gasteiger partial charge is 0.324 e. The monoisotopic (exact) mass is 380 g/mol. The van der Waals surface area contributed by atoms with Crippen LogP contribution in [0.1, 0.15) is 20.7 Å². The fraction of sp³-hybridized carbons (Fsp3) is 0.0526. The normalized spacial score (nSPS) is 13.0. The van der Waals surface area contributed by atoms with Crippen LogP contribution in [0.25, 0.3) is 5.69 Å². The van der Waals surface area contributed by atoms with E-state index in [1.54, 1.807) is 65.8 Å². The average molecular weight is 381 g/mol. The summed E-state index contributed by atoms with van der Waals surface area (Å²) in [5.74, 6) is -1.44. The zero-order chi connectivity index (χ0) is 19.0. The average Bonchev–Trinajstić information content (AvgIpc) is 3.26. The molecule has 0 atom stereocenters. The Morgan fingerprint density at radius 1 is 1.07 bits per heavy atom. The van der Waals surface area contributed by atoms with E-state index >= 15 is 0 Å². The van der Waals surface area contributed by atoms with Crippen molar-refractivity contribution in [2.75, 3.05) is 11.9 Å². The van der Waals surface area contributed by atoms with Crippen LogP contribution in [0.2, 0.25) is 5.02 Å². The molecule has 1 aromatic heterocycles. The molecule has 1 aliphatic heterocycles. The van der Waals surface area contributed by atoms with Crippen molar-refractivity contribution in [1.82, 2.24) is 14.5 Å². The topological polar surface area (TPSA) is 84.3 Å². The predicted octanol–water partition coefficient (Wildman–Crippen LogP) is 2.76. The van der Waals surface area contributed by atoms with Gasteiger partial charge in [-0.2, -0.15) is 0 Å². The molecule has 27 heavy (non-hydrogen) atoms. The van der Waals surface area contributed by atoms with Gasteiger partial charge in [-0.1, -0.05) is 23.7 Å². The third-order valence-electron chi connectivity index (χ3n) is 4.19. The summed E-state index contributed by atoms with van der Waals surface area (Å²) in [6.07, 6.45) is 5.00. The molecule has 2 heterocycles. The van der Waals surface area contributed by atoms with E-state index in [9.17, 15) is 14.4 Å². The molecule has 0 aliphatic carbocycles. The second kappa shape index (κ2) is 6.69. The summed E-state index contributed by atoms with van der Waals surface area (Å²) in [5, 5.41) is 3.08. The molecule has 4 rings (SSSR count). The quantitative estimate of drug-likeness (QED) is 0.705. The lowest BCUT2D eigenvalue weighted by Gasteiger charge is -2.14. The van der Waals surface area contributed by atoms with Crippen molar-refractivity contribution >= 4 is 35.0 Å². The SMILES string of the molecule is O=C(CN1C(=O)c2ccccc2C1=O)Nc1ccc(-n2ccnc2)c(Cl)c1. The summed E-state index contributed by atoms with van der Waals surface area (Å²) in [5.41, 5.74) is 1.80. The van der Waals surface area contributed by atoms with E-state index in [2.05, 4.69) is 10.3 Å². The van der Waals surface area contributed by atoms with Crippen molar-refractivity contribution < 1.29 is 14.4 Å². The first-order valence-electron chi connectivity index (χ1n) is 8.07. The highest BCUT2D eigenvalue weighted by molar-refractivity contribution is 6.32. The molecule has 8 heteroatoms. The second-order valence-corrected chi connectivity index (χ2v) is 6.33. The van der Waals surface area contributed by atoms with Gasteiger partial charge in [-0.3, -0.25) is 19.3 Å². The standard InChI is InChI=1S/C19H13ClN4O3/c20-15-9-12(5-6-16(15)23-8-7-21-11-23)22-17(25)10-24-18(26)13-3-1-2-4-14(13)19(24)27/h1-9,11H,10H2,(H,22,25). The highest BCUT2D eigenvalue weighted by Gasteiger charge is 2.36. The minimum absolute atomic E-state index is 0.308. The van der Waals surface area contributed by atoms with Crippen LogP contribution >= 0.6 is 11.6 Å². The molecule has 0 spiro atoms. The number of anilines is 1. The van der Waals surface area contributed by atoms with Crippen LogP contribution in [-0.4, -0.2) is 38.7 Å². The number of hydrogen-bond acceptors (Lipinski definition) is 4. The number of aromatic nitrogens is 2. The smallest absolute Gasteiger partial charge is 0.262 e. The van der Waals surface area contributed by atoms with E-state index in [0.717, 1.165) is 4.90 Å². The number of imide groups is 1. The van der Waals surface area contributed by atoms with Gasteiger partial charge in [-0.25, -0.2) is 4.98 Å². The van der Waals surface area contributed by atoms with Crippen molar-refractivity contribution in [2.45, 2.75) is 0 Å². The minimum atomic E-state index is -0.490. The van der Waals surface area contributed by atoms with Crippen molar-refractivity contribution in [3.8, 4) is 5.69 Å². The number of fused-ring (bicyclic) bond motifs is 1. The number of halogens is 1. The number of carbonyl (C=O) groups excluding carboxylic acids is 3. The van der Waals surface area contributed by atoms with Gasteiger partial charge in [-0.05, 0) is 30.3 Å². The Labute approximate surface area is 159 Å². The Morgan fingerprint density at radius 2 is 1.78 bits per heavy atom. The van der Waals surface area contributed by atoms with Crippen molar-refractivity contribution in [3.63, 3.8) is 0 Å². The fourth-order valence-corrected chi connectivity index (χ4v) is 3.20. The second-order valence-electron chi connectivity index (χ2n) is 5.93. The number of amides is 3. The van der Waals surface area contributed by atoms with Crippen LogP contribution in [0.5, 0.6) is 0 Å². The number of rotatable bonds is 4. The third-order valence-corrected chi connectivity index (χ3v) is 4.50. The lowest BCUT2D eigenvalue weighted by Crippen LogP contribution is -2.37. The number of carbonyl (C=O) groups is 3. The van der Waals surface area contributed by atoms with E-state index in [0.29, 0.717) is 27.5 Å². The van der Waals surface area contributed by atoms with Crippen LogP contribution in [0, 0.1) is 0 Å². The minimum Gasteiger partial charge on any atom is -0.324 e. The summed E-state index contributed by atoms with van der Waals surface area (Å²) in [6.45, 7) is -0.368. The molecule has 2 aromatic carbocycles. The summed E-state index contributed by atoms with van der Waals surface area (Å²) in [7, 11) is 0. The molecule has 0 saturated carbocycles. The fourth-order valence-electron chi connectivity index (χ4n) is 2.92. The summed E-state index contributed by atoms with van der Waals surface area (Å²) < 4.78 is 1.74. The molecule has 0 bridgehead atoms. The van der Waals surface area contributed by atoms with Crippen molar-refractivity contribution in [3.05, 3.63) is 77.3 Å². The molecule has 134 valence electrons. The molecule has 1 N–H and O–H groups in total.